The summed E-state index contributed by atoms with van der Waals surface area (Å²) in [7, 11) is -1.11. The highest BCUT2D eigenvalue weighted by Gasteiger charge is 2.18. The molecule has 0 amide bonds. The zero-order valence-electron chi connectivity index (χ0n) is 4.08. The molecular weight excluding hydrogens is 76.1 g/mol. The summed E-state index contributed by atoms with van der Waals surface area (Å²) < 4.78 is 0. The Labute approximate surface area is 35.2 Å². The van der Waals surface area contributed by atoms with Gasteiger partial charge in [-0.05, 0) is 19.6 Å². The molecule has 0 aromatic heterocycles. The molecule has 0 aliphatic carbocycles. The van der Waals surface area contributed by atoms with Crippen molar-refractivity contribution in [3.05, 3.63) is 6.55 Å². The molecule has 0 saturated carbocycles. The molecule has 0 aliphatic rings. The first-order chi connectivity index (χ1) is 2.00. The van der Waals surface area contributed by atoms with Crippen LogP contribution in [0, 0.1) is 6.55 Å². The van der Waals surface area contributed by atoms with Crippen molar-refractivity contribution in [2.45, 2.75) is 19.6 Å². The second-order valence-electron chi connectivity index (χ2n) is 2.37. The van der Waals surface area contributed by atoms with Crippen molar-refractivity contribution < 1.29 is 0 Å². The Hall–Kier alpha value is 0.0869. The van der Waals surface area contributed by atoms with E-state index in [1.807, 2.05) is 0 Å². The lowest BCUT2D eigenvalue weighted by Crippen LogP contribution is -2.12. The van der Waals surface area contributed by atoms with Gasteiger partial charge in [-0.1, -0.05) is 0 Å². The van der Waals surface area contributed by atoms with Crippen molar-refractivity contribution in [1.82, 2.24) is 0 Å². The van der Waals surface area contributed by atoms with Crippen LogP contribution in [0.1, 0.15) is 0 Å². The monoisotopic (exact) mass is 86.1 g/mol. The molecular formula is C4H10Si+. The van der Waals surface area contributed by atoms with Gasteiger partial charge in [0.1, 0.15) is 0 Å². The van der Waals surface area contributed by atoms with Gasteiger partial charge < -0.3 is 0 Å². The summed E-state index contributed by atoms with van der Waals surface area (Å²) in [4.78, 5) is 0. The van der Waals surface area contributed by atoms with Gasteiger partial charge in [-0.3, -0.25) is 0 Å². The fourth-order valence-electron chi connectivity index (χ4n) is 0. The van der Waals surface area contributed by atoms with E-state index in [2.05, 4.69) is 19.6 Å². The maximum Gasteiger partial charge on any atom is 0.311 e. The van der Waals surface area contributed by atoms with Crippen molar-refractivity contribution in [2.75, 3.05) is 0 Å². The molecule has 29 valence electrons. The molecule has 0 fully saturated rings. The average Bonchev–Trinajstić information content (AvgIpc) is 0.722. The molecule has 0 nitrogen and oxygen atoms in total. The van der Waals surface area contributed by atoms with Crippen LogP contribution in [0.5, 0.6) is 0 Å². The predicted molar refractivity (Wildman–Crippen MR) is 27.6 cm³/mol. The van der Waals surface area contributed by atoms with Crippen molar-refractivity contribution in [2.24, 2.45) is 0 Å². The Morgan fingerprint density at radius 1 is 1.20 bits per heavy atom. The SMILES string of the molecule is [CH+][Si](C)(C)C. The lowest BCUT2D eigenvalue weighted by atomic mass is 11.8. The van der Waals surface area contributed by atoms with Gasteiger partial charge in [0.15, 0.2) is 6.55 Å². The second kappa shape index (κ2) is 1.05. The number of hydrogen-bond donors (Lipinski definition) is 0. The second-order valence-corrected chi connectivity index (χ2v) is 7.10. The maximum absolute atomic E-state index is 5.49. The van der Waals surface area contributed by atoms with Crippen LogP contribution in [0.2, 0.25) is 19.6 Å². The van der Waals surface area contributed by atoms with Crippen LogP contribution in [0.4, 0.5) is 0 Å². The van der Waals surface area contributed by atoms with Gasteiger partial charge in [0.2, 0.25) is 0 Å². The van der Waals surface area contributed by atoms with E-state index in [1.54, 1.807) is 0 Å². The van der Waals surface area contributed by atoms with Gasteiger partial charge >= 0.3 is 8.07 Å². The minimum Gasteiger partial charge on any atom is -0.0244 e. The number of rotatable bonds is 0. The summed E-state index contributed by atoms with van der Waals surface area (Å²) in [6, 6.07) is 0. The van der Waals surface area contributed by atoms with Gasteiger partial charge in [0, 0.05) is 0 Å². The van der Waals surface area contributed by atoms with Crippen LogP contribution in [-0.2, 0) is 0 Å². The van der Waals surface area contributed by atoms with Crippen LogP contribution in [0.15, 0.2) is 0 Å². The molecule has 0 aromatic rings. The van der Waals surface area contributed by atoms with Crippen LogP contribution in [0.3, 0.4) is 0 Å². The van der Waals surface area contributed by atoms with E-state index < -0.39 is 8.07 Å². The molecule has 0 rings (SSSR count). The highest BCUT2D eigenvalue weighted by Crippen LogP contribution is 1.92. The fraction of sp³-hybridized carbons (Fsp3) is 0.750. The molecule has 0 heterocycles. The van der Waals surface area contributed by atoms with Gasteiger partial charge in [-0.2, -0.15) is 0 Å². The van der Waals surface area contributed by atoms with Gasteiger partial charge in [0.05, 0.1) is 0 Å². The lowest BCUT2D eigenvalue weighted by molar-refractivity contribution is 1.78. The van der Waals surface area contributed by atoms with E-state index in [4.69, 9.17) is 6.55 Å². The van der Waals surface area contributed by atoms with E-state index in [9.17, 15) is 0 Å². The van der Waals surface area contributed by atoms with Crippen LogP contribution < -0.4 is 0 Å². The fourth-order valence-corrected chi connectivity index (χ4v) is 0. The molecule has 0 unspecified atom stereocenters. The van der Waals surface area contributed by atoms with Crippen molar-refractivity contribution in [3.63, 3.8) is 0 Å². The standard InChI is InChI=1S/C4H10Si/c1-5(2,3)4/h1H,2-4H3/q+1. The summed E-state index contributed by atoms with van der Waals surface area (Å²) in [6.07, 6.45) is 0. The zero-order valence-corrected chi connectivity index (χ0v) is 5.08. The molecule has 0 saturated heterocycles. The van der Waals surface area contributed by atoms with Crippen LogP contribution in [0.25, 0.3) is 0 Å². The third-order valence-corrected chi connectivity index (χ3v) is 0. The summed E-state index contributed by atoms with van der Waals surface area (Å²) >= 11 is 0. The first-order valence-corrected chi connectivity index (χ1v) is 5.37. The largest absolute Gasteiger partial charge is 0.311 e. The van der Waals surface area contributed by atoms with E-state index in [0.717, 1.165) is 0 Å². The molecule has 0 aliphatic heterocycles. The first-order valence-electron chi connectivity index (χ1n) is 1.79. The maximum atomic E-state index is 5.49. The molecule has 1 radical (unpaired) electrons. The first kappa shape index (κ1) is 5.09. The van der Waals surface area contributed by atoms with Crippen molar-refractivity contribution in [1.29, 1.82) is 0 Å². The van der Waals surface area contributed by atoms with Crippen LogP contribution in [-0.4, -0.2) is 8.07 Å². The highest BCUT2D eigenvalue weighted by atomic mass is 28.3. The molecule has 0 bridgehead atoms. The molecule has 0 aromatic carbocycles. The third kappa shape index (κ3) is 2360. The molecule has 0 N–H and O–H groups in total. The van der Waals surface area contributed by atoms with E-state index in [-0.39, 0.29) is 0 Å². The average molecular weight is 86.2 g/mol. The quantitative estimate of drug-likeness (QED) is 0.310. The lowest BCUT2D eigenvalue weighted by Gasteiger charge is -1.84. The van der Waals surface area contributed by atoms with Gasteiger partial charge in [-0.25, -0.2) is 0 Å². The Morgan fingerprint density at radius 3 is 1.20 bits per heavy atom. The molecule has 0 spiro atoms. The smallest absolute Gasteiger partial charge is 0.0244 e. The summed E-state index contributed by atoms with van der Waals surface area (Å²) in [5.74, 6) is 0. The summed E-state index contributed by atoms with van der Waals surface area (Å²) in [6.45, 7) is 11.8. The van der Waals surface area contributed by atoms with Crippen molar-refractivity contribution >= 4 is 8.07 Å². The highest BCUT2D eigenvalue weighted by molar-refractivity contribution is 6.77. The zero-order chi connectivity index (χ0) is 4.50. The molecule has 0 atom stereocenters. The van der Waals surface area contributed by atoms with Gasteiger partial charge in [-0.15, -0.1) is 0 Å². The van der Waals surface area contributed by atoms with E-state index >= 15 is 0 Å². The number of hydrogen-bond acceptors (Lipinski definition) is 0. The predicted octanol–water partition coefficient (Wildman–Crippen LogP) is 1.57. The minimum atomic E-state index is -1.11. The van der Waals surface area contributed by atoms with E-state index in [1.165, 1.54) is 0 Å². The molecule has 5 heavy (non-hydrogen) atoms. The van der Waals surface area contributed by atoms with E-state index in [0.29, 0.717) is 0 Å². The summed E-state index contributed by atoms with van der Waals surface area (Å²) in [5.41, 5.74) is 0. The Balaban J connectivity index is 3.02. The Bertz CT molecular complexity index is 19.1. The van der Waals surface area contributed by atoms with Gasteiger partial charge in [0.25, 0.3) is 0 Å². The Morgan fingerprint density at radius 2 is 1.20 bits per heavy atom. The van der Waals surface area contributed by atoms with Crippen LogP contribution >= 0.6 is 0 Å². The third-order valence-electron chi connectivity index (χ3n) is 0. The Kier molecular flexibility index (Phi) is 1.07. The topological polar surface area (TPSA) is 0 Å². The summed E-state index contributed by atoms with van der Waals surface area (Å²) in [5, 5.41) is 0. The molecule has 1 heteroatoms. The minimum absolute atomic E-state index is 1.11. The normalized spacial score (nSPS) is 11.8. The van der Waals surface area contributed by atoms with Crippen molar-refractivity contribution in [3.8, 4) is 0 Å².